The van der Waals surface area contributed by atoms with Gasteiger partial charge in [0.2, 0.25) is 0 Å². The molecular formula is C11H18N2O4. The van der Waals surface area contributed by atoms with Crippen molar-refractivity contribution in [2.75, 3.05) is 13.1 Å². The van der Waals surface area contributed by atoms with Crippen molar-refractivity contribution in [2.45, 2.75) is 38.9 Å². The van der Waals surface area contributed by atoms with Crippen molar-refractivity contribution in [3.05, 3.63) is 0 Å². The van der Waals surface area contributed by atoms with Crippen LogP contribution in [0.2, 0.25) is 0 Å². The van der Waals surface area contributed by atoms with E-state index in [4.69, 9.17) is 14.8 Å². The average molecular weight is 242 g/mol. The molecule has 1 saturated heterocycles. The van der Waals surface area contributed by atoms with Gasteiger partial charge in [0.1, 0.15) is 5.60 Å². The van der Waals surface area contributed by atoms with Crippen LogP contribution < -0.4 is 0 Å². The number of hydroxylamine groups is 2. The minimum absolute atomic E-state index is 0.136. The molecule has 0 amide bonds. The molecule has 0 radical (unpaired) electrons. The summed E-state index contributed by atoms with van der Waals surface area (Å²) in [5.74, 6) is -0.395. The number of nitrogens with zero attached hydrogens (tertiary/aromatic N) is 2. The highest BCUT2D eigenvalue weighted by Gasteiger charge is 2.30. The zero-order valence-corrected chi connectivity index (χ0v) is 10.3. The number of hydrogen-bond donors (Lipinski definition) is 1. The lowest BCUT2D eigenvalue weighted by Crippen LogP contribution is -2.44. The molecule has 6 nitrogen and oxygen atoms in total. The van der Waals surface area contributed by atoms with Gasteiger partial charge in [0.05, 0.1) is 24.6 Å². The van der Waals surface area contributed by atoms with Crippen molar-refractivity contribution >= 4 is 6.16 Å². The normalized spacial score (nSPS) is 26.1. The highest BCUT2D eigenvalue weighted by atomic mass is 16.8. The van der Waals surface area contributed by atoms with E-state index in [0.717, 1.165) is 0 Å². The third-order valence-electron chi connectivity index (χ3n) is 2.30. The smallest absolute Gasteiger partial charge is 0.427 e. The Morgan fingerprint density at radius 2 is 2.18 bits per heavy atom. The van der Waals surface area contributed by atoms with Crippen LogP contribution >= 0.6 is 0 Å². The zero-order chi connectivity index (χ0) is 13.1. The number of ether oxygens (including phenoxy) is 1. The van der Waals surface area contributed by atoms with Crippen molar-refractivity contribution in [1.29, 1.82) is 5.26 Å². The molecule has 1 fully saturated rings. The van der Waals surface area contributed by atoms with E-state index in [-0.39, 0.29) is 6.54 Å². The Bertz CT molecular complexity index is 318. The Balaban J connectivity index is 2.40. The highest BCUT2D eigenvalue weighted by Crippen LogP contribution is 2.18. The van der Waals surface area contributed by atoms with Crippen LogP contribution in [0, 0.1) is 17.2 Å². The van der Waals surface area contributed by atoms with Crippen LogP contribution in [0.15, 0.2) is 0 Å². The second-order valence-corrected chi connectivity index (χ2v) is 5.04. The number of carbonyl (C=O) groups excluding carboxylic acids is 1. The summed E-state index contributed by atoms with van der Waals surface area (Å²) in [6, 6.07) is 2.02. The van der Waals surface area contributed by atoms with Crippen molar-refractivity contribution in [1.82, 2.24) is 5.06 Å². The minimum Gasteiger partial charge on any atom is -0.427 e. The van der Waals surface area contributed by atoms with Gasteiger partial charge in [0.15, 0.2) is 0 Å². The maximum absolute atomic E-state index is 11.4. The first-order chi connectivity index (χ1) is 7.81. The zero-order valence-electron chi connectivity index (χ0n) is 10.3. The van der Waals surface area contributed by atoms with Gasteiger partial charge in [-0.05, 0) is 27.2 Å². The van der Waals surface area contributed by atoms with Gasteiger partial charge in [-0.2, -0.15) is 5.26 Å². The topological polar surface area (TPSA) is 82.8 Å². The molecule has 1 rings (SSSR count). The van der Waals surface area contributed by atoms with E-state index in [0.29, 0.717) is 13.0 Å². The number of aliphatic hydroxyl groups is 1. The summed E-state index contributed by atoms with van der Waals surface area (Å²) in [4.78, 5) is 16.3. The standard InChI is InChI=1S/C11H18N2O4/c1-11(2,3)16-10(15)17-13-5-4-8(6-12)9(14)7-13/h8-9,14H,4-5,7H2,1-3H3. The lowest BCUT2D eigenvalue weighted by molar-refractivity contribution is -0.172. The number of rotatable bonds is 1. The SMILES string of the molecule is CC(C)(C)OC(=O)ON1CCC(C#N)C(O)C1. The molecule has 0 spiro atoms. The van der Waals surface area contributed by atoms with E-state index in [1.165, 1.54) is 5.06 Å². The summed E-state index contributed by atoms with van der Waals surface area (Å²) in [5, 5.41) is 19.6. The molecule has 6 heteroatoms. The Morgan fingerprint density at radius 1 is 1.53 bits per heavy atom. The Morgan fingerprint density at radius 3 is 2.65 bits per heavy atom. The van der Waals surface area contributed by atoms with E-state index in [1.807, 2.05) is 6.07 Å². The first kappa shape index (κ1) is 13.7. The van der Waals surface area contributed by atoms with Gasteiger partial charge in [-0.25, -0.2) is 4.79 Å². The van der Waals surface area contributed by atoms with E-state index < -0.39 is 23.8 Å². The fraction of sp³-hybridized carbons (Fsp3) is 0.818. The van der Waals surface area contributed by atoms with Crippen molar-refractivity contribution in [3.8, 4) is 6.07 Å². The molecule has 1 N–H and O–H groups in total. The Labute approximate surface area is 101 Å². The predicted molar refractivity (Wildman–Crippen MR) is 58.6 cm³/mol. The molecule has 0 saturated carbocycles. The fourth-order valence-corrected chi connectivity index (χ4v) is 1.51. The number of β-amino-alcohol motifs (C(OH)–C–C–N with tert-alkyl or cyclic N) is 1. The predicted octanol–water partition coefficient (Wildman–Crippen LogP) is 1.06. The third-order valence-corrected chi connectivity index (χ3v) is 2.30. The molecule has 0 aliphatic carbocycles. The largest absolute Gasteiger partial charge is 0.528 e. The molecule has 1 heterocycles. The second kappa shape index (κ2) is 5.34. The van der Waals surface area contributed by atoms with Crippen molar-refractivity contribution < 1.29 is 19.5 Å². The number of hydrogen-bond acceptors (Lipinski definition) is 6. The maximum atomic E-state index is 11.4. The lowest BCUT2D eigenvalue weighted by Gasteiger charge is -2.31. The quantitative estimate of drug-likeness (QED) is 0.692. The van der Waals surface area contributed by atoms with Crippen LogP contribution in [0.3, 0.4) is 0 Å². The first-order valence-corrected chi connectivity index (χ1v) is 5.55. The van der Waals surface area contributed by atoms with E-state index in [1.54, 1.807) is 20.8 Å². The maximum Gasteiger partial charge on any atom is 0.528 e. The molecule has 0 aromatic heterocycles. The van der Waals surface area contributed by atoms with Crippen LogP contribution in [-0.2, 0) is 9.57 Å². The minimum atomic E-state index is -0.795. The van der Waals surface area contributed by atoms with E-state index in [2.05, 4.69) is 0 Å². The molecular weight excluding hydrogens is 224 g/mol. The van der Waals surface area contributed by atoms with Crippen LogP contribution in [0.5, 0.6) is 0 Å². The Kier molecular flexibility index (Phi) is 4.32. The molecule has 17 heavy (non-hydrogen) atoms. The highest BCUT2D eigenvalue weighted by molar-refractivity contribution is 5.60. The Hall–Kier alpha value is -1.32. The monoisotopic (exact) mass is 242 g/mol. The number of aliphatic hydroxyl groups excluding tert-OH is 1. The van der Waals surface area contributed by atoms with Crippen LogP contribution in [0.1, 0.15) is 27.2 Å². The van der Waals surface area contributed by atoms with Gasteiger partial charge in [-0.3, -0.25) is 0 Å². The number of nitriles is 1. The molecule has 1 aliphatic heterocycles. The molecule has 2 unspecified atom stereocenters. The average Bonchev–Trinajstić information content (AvgIpc) is 2.14. The van der Waals surface area contributed by atoms with Gasteiger partial charge in [0, 0.05) is 6.54 Å². The van der Waals surface area contributed by atoms with Gasteiger partial charge in [0.25, 0.3) is 0 Å². The summed E-state index contributed by atoms with van der Waals surface area (Å²) in [6.07, 6.45) is -1.11. The molecule has 96 valence electrons. The summed E-state index contributed by atoms with van der Waals surface area (Å²) >= 11 is 0. The molecule has 1 aliphatic rings. The molecule has 2 atom stereocenters. The van der Waals surface area contributed by atoms with Gasteiger partial charge >= 0.3 is 6.16 Å². The first-order valence-electron chi connectivity index (χ1n) is 5.55. The van der Waals surface area contributed by atoms with Crippen molar-refractivity contribution in [3.63, 3.8) is 0 Å². The van der Waals surface area contributed by atoms with Crippen molar-refractivity contribution in [2.24, 2.45) is 5.92 Å². The molecule has 0 aromatic carbocycles. The van der Waals surface area contributed by atoms with Crippen LogP contribution in [0.25, 0.3) is 0 Å². The second-order valence-electron chi connectivity index (χ2n) is 5.04. The van der Waals surface area contributed by atoms with Gasteiger partial charge in [-0.15, -0.1) is 5.06 Å². The fourth-order valence-electron chi connectivity index (χ4n) is 1.51. The number of piperidine rings is 1. The molecule has 0 bridgehead atoms. The lowest BCUT2D eigenvalue weighted by atomic mass is 9.97. The third kappa shape index (κ3) is 4.59. The van der Waals surface area contributed by atoms with Gasteiger partial charge < -0.3 is 14.7 Å². The summed E-state index contributed by atoms with van der Waals surface area (Å²) in [7, 11) is 0. The molecule has 0 aromatic rings. The summed E-state index contributed by atoms with van der Waals surface area (Å²) < 4.78 is 4.98. The number of carbonyl (C=O) groups is 1. The summed E-state index contributed by atoms with van der Waals surface area (Å²) in [5.41, 5.74) is -0.610. The van der Waals surface area contributed by atoms with E-state index >= 15 is 0 Å². The summed E-state index contributed by atoms with van der Waals surface area (Å²) in [6.45, 7) is 5.78. The van der Waals surface area contributed by atoms with Crippen LogP contribution in [-0.4, -0.2) is 41.1 Å². The van der Waals surface area contributed by atoms with Gasteiger partial charge in [-0.1, -0.05) is 0 Å². The van der Waals surface area contributed by atoms with Crippen LogP contribution in [0.4, 0.5) is 4.79 Å². The van der Waals surface area contributed by atoms with E-state index in [9.17, 15) is 9.90 Å².